The SMILES string of the molecule is C=CC=C=C/C=C(\C)C/C=C/SC(=NC)NC(=C)C1(C)CC(/C=C\C=C/C)C(=C)NC1C. The predicted molar refractivity (Wildman–Crippen MR) is 145 cm³/mol. The van der Waals surface area contributed by atoms with Crippen molar-refractivity contribution in [2.75, 3.05) is 7.05 Å². The number of allylic oxidation sites excluding steroid dienone is 9. The summed E-state index contributed by atoms with van der Waals surface area (Å²) in [6.45, 7) is 20.8. The predicted octanol–water partition coefficient (Wildman–Crippen LogP) is 7.21. The lowest BCUT2D eigenvalue weighted by atomic mass is 9.69. The van der Waals surface area contributed by atoms with Crippen molar-refractivity contribution in [1.29, 1.82) is 0 Å². The highest BCUT2D eigenvalue weighted by Crippen LogP contribution is 2.42. The van der Waals surface area contributed by atoms with E-state index in [-0.39, 0.29) is 17.4 Å². The lowest BCUT2D eigenvalue weighted by molar-refractivity contribution is 0.206. The number of nitrogens with one attached hydrogen (secondary N) is 2. The van der Waals surface area contributed by atoms with Crippen LogP contribution in [-0.4, -0.2) is 18.3 Å². The Hall–Kier alpha value is -2.68. The zero-order chi connectivity index (χ0) is 24.0. The van der Waals surface area contributed by atoms with E-state index in [1.165, 1.54) is 5.57 Å². The molecule has 1 saturated heterocycles. The minimum absolute atomic E-state index is 0.142. The highest BCUT2D eigenvalue weighted by Gasteiger charge is 2.41. The van der Waals surface area contributed by atoms with Crippen LogP contribution in [0.4, 0.5) is 0 Å². The summed E-state index contributed by atoms with van der Waals surface area (Å²) in [5.41, 5.74) is 6.17. The Morgan fingerprint density at radius 3 is 2.78 bits per heavy atom. The molecule has 0 radical (unpaired) electrons. The second-order valence-electron chi connectivity index (χ2n) is 8.10. The molecule has 0 aromatic carbocycles. The minimum atomic E-state index is -0.142. The molecule has 172 valence electrons. The van der Waals surface area contributed by atoms with E-state index in [4.69, 9.17) is 0 Å². The van der Waals surface area contributed by atoms with E-state index in [1.807, 2.05) is 25.2 Å². The molecular weight excluding hydrogens is 410 g/mol. The van der Waals surface area contributed by atoms with Crippen molar-refractivity contribution in [2.45, 2.75) is 46.6 Å². The fraction of sp³-hybridized carbons (Fsp3) is 0.357. The zero-order valence-electron chi connectivity index (χ0n) is 20.3. The van der Waals surface area contributed by atoms with Gasteiger partial charge in [-0.3, -0.25) is 4.99 Å². The van der Waals surface area contributed by atoms with E-state index in [0.717, 1.165) is 29.4 Å². The Morgan fingerprint density at radius 2 is 2.12 bits per heavy atom. The van der Waals surface area contributed by atoms with Crippen LogP contribution in [0, 0.1) is 11.3 Å². The normalized spacial score (nSPS) is 24.5. The van der Waals surface area contributed by atoms with E-state index in [0.29, 0.717) is 0 Å². The summed E-state index contributed by atoms with van der Waals surface area (Å²) in [5.74, 6) is 0.255. The first-order valence-electron chi connectivity index (χ1n) is 11.0. The number of thioether (sulfide) groups is 1. The van der Waals surface area contributed by atoms with Gasteiger partial charge in [0.25, 0.3) is 0 Å². The molecule has 4 heteroatoms. The number of rotatable bonds is 9. The molecular formula is C28H39N3S. The van der Waals surface area contributed by atoms with Crippen LogP contribution in [0.25, 0.3) is 0 Å². The van der Waals surface area contributed by atoms with Crippen LogP contribution < -0.4 is 10.6 Å². The third kappa shape index (κ3) is 8.82. The summed E-state index contributed by atoms with van der Waals surface area (Å²) in [6, 6.07) is 0.219. The Bertz CT molecular complexity index is 878. The maximum absolute atomic E-state index is 4.41. The van der Waals surface area contributed by atoms with Crippen LogP contribution in [0.1, 0.15) is 40.5 Å². The molecule has 0 saturated carbocycles. The van der Waals surface area contributed by atoms with Gasteiger partial charge in [-0.15, -0.1) is 5.73 Å². The standard InChI is InChI=1S/C28H39N3S/c1-9-11-13-15-17-22(3)18-16-20-32-27(29-8)31-25(6)28(7)21-26(19-14-12-10-2)23(4)30-24(28)5/h9-12,14-17,19-20,24,26,30H,1,4,6,18,21H2,2-3,5,7-8H3,(H,29,31)/b12-10-,19-14-,20-16+,22-17+. The molecule has 1 heterocycles. The Labute approximate surface area is 199 Å². The van der Waals surface area contributed by atoms with Crippen LogP contribution >= 0.6 is 11.8 Å². The third-order valence-electron chi connectivity index (χ3n) is 5.64. The van der Waals surface area contributed by atoms with E-state index in [1.54, 1.807) is 31.0 Å². The molecule has 3 nitrogen and oxygen atoms in total. The topological polar surface area (TPSA) is 36.4 Å². The lowest BCUT2D eigenvalue weighted by Crippen LogP contribution is -2.51. The molecule has 0 spiro atoms. The fourth-order valence-electron chi connectivity index (χ4n) is 3.32. The Morgan fingerprint density at radius 1 is 1.38 bits per heavy atom. The number of hydrogen-bond donors (Lipinski definition) is 2. The first-order chi connectivity index (χ1) is 15.3. The zero-order valence-corrected chi connectivity index (χ0v) is 21.1. The monoisotopic (exact) mass is 449 g/mol. The van der Waals surface area contributed by atoms with Gasteiger partial charge in [0.2, 0.25) is 0 Å². The molecule has 3 atom stereocenters. The highest BCUT2D eigenvalue weighted by molar-refractivity contribution is 8.16. The number of aliphatic imine (C=N–C) groups is 1. The van der Waals surface area contributed by atoms with Crippen LogP contribution in [-0.2, 0) is 0 Å². The summed E-state index contributed by atoms with van der Waals surface area (Å²) in [7, 11) is 1.80. The minimum Gasteiger partial charge on any atom is -0.385 e. The molecule has 1 rings (SSSR count). The summed E-state index contributed by atoms with van der Waals surface area (Å²) in [4.78, 5) is 4.41. The maximum atomic E-state index is 4.41. The number of amidine groups is 1. The first-order valence-corrected chi connectivity index (χ1v) is 11.8. The molecule has 1 aliphatic rings. The van der Waals surface area contributed by atoms with Crippen LogP contribution in [0.15, 0.2) is 108 Å². The Kier molecular flexibility index (Phi) is 12.3. The molecule has 2 N–H and O–H groups in total. The quantitative estimate of drug-likeness (QED) is 0.169. The van der Waals surface area contributed by atoms with E-state index >= 15 is 0 Å². The van der Waals surface area contributed by atoms with Gasteiger partial charge >= 0.3 is 0 Å². The average molecular weight is 450 g/mol. The van der Waals surface area contributed by atoms with Crippen molar-refractivity contribution < 1.29 is 0 Å². The van der Waals surface area contributed by atoms with E-state index in [2.05, 4.69) is 91.6 Å². The molecule has 1 aliphatic heterocycles. The van der Waals surface area contributed by atoms with Crippen molar-refractivity contribution in [3.63, 3.8) is 0 Å². The molecule has 32 heavy (non-hydrogen) atoms. The van der Waals surface area contributed by atoms with Gasteiger partial charge < -0.3 is 10.6 Å². The fourth-order valence-corrected chi connectivity index (χ4v) is 3.93. The van der Waals surface area contributed by atoms with Crippen LogP contribution in [0.5, 0.6) is 0 Å². The van der Waals surface area contributed by atoms with Crippen molar-refractivity contribution in [3.05, 3.63) is 103 Å². The number of piperidine rings is 1. The van der Waals surface area contributed by atoms with Crippen molar-refractivity contribution >= 4 is 16.9 Å². The first kappa shape index (κ1) is 27.4. The molecule has 1 fully saturated rings. The molecule has 0 bridgehead atoms. The summed E-state index contributed by atoms with van der Waals surface area (Å²) in [5, 5.41) is 9.92. The van der Waals surface area contributed by atoms with Gasteiger partial charge in [-0.05, 0) is 51.2 Å². The smallest absolute Gasteiger partial charge is 0.164 e. The van der Waals surface area contributed by atoms with Gasteiger partial charge in [0.15, 0.2) is 5.17 Å². The van der Waals surface area contributed by atoms with Crippen molar-refractivity contribution in [1.82, 2.24) is 10.6 Å². The average Bonchev–Trinajstić information content (AvgIpc) is 2.76. The molecule has 3 unspecified atom stereocenters. The van der Waals surface area contributed by atoms with Gasteiger partial charge in [-0.1, -0.05) is 86.5 Å². The molecule has 0 aromatic rings. The van der Waals surface area contributed by atoms with Gasteiger partial charge in [0.05, 0.1) is 0 Å². The molecule has 0 aromatic heterocycles. The van der Waals surface area contributed by atoms with Gasteiger partial charge in [0, 0.05) is 35.8 Å². The molecule has 0 amide bonds. The van der Waals surface area contributed by atoms with Gasteiger partial charge in [-0.2, -0.15) is 0 Å². The second kappa shape index (κ2) is 14.4. The van der Waals surface area contributed by atoms with Crippen LogP contribution in [0.2, 0.25) is 0 Å². The van der Waals surface area contributed by atoms with E-state index in [9.17, 15) is 0 Å². The van der Waals surface area contributed by atoms with Gasteiger partial charge in [-0.25, -0.2) is 0 Å². The largest absolute Gasteiger partial charge is 0.385 e. The van der Waals surface area contributed by atoms with Gasteiger partial charge in [0.1, 0.15) is 0 Å². The van der Waals surface area contributed by atoms with E-state index < -0.39 is 0 Å². The summed E-state index contributed by atoms with van der Waals surface area (Å²) < 4.78 is 0. The van der Waals surface area contributed by atoms with Crippen molar-refractivity contribution in [2.24, 2.45) is 16.3 Å². The highest BCUT2D eigenvalue weighted by atomic mass is 32.2. The second-order valence-corrected chi connectivity index (χ2v) is 9.00. The Balaban J connectivity index is 2.75. The van der Waals surface area contributed by atoms with Crippen LogP contribution in [0.3, 0.4) is 0 Å². The lowest BCUT2D eigenvalue weighted by Gasteiger charge is -2.46. The maximum Gasteiger partial charge on any atom is 0.164 e. The summed E-state index contributed by atoms with van der Waals surface area (Å²) in [6.07, 6.45) is 19.8. The van der Waals surface area contributed by atoms with Crippen molar-refractivity contribution in [3.8, 4) is 0 Å². The summed E-state index contributed by atoms with van der Waals surface area (Å²) >= 11 is 1.57. The number of nitrogens with zero attached hydrogens (tertiary/aromatic N) is 1. The third-order valence-corrected chi connectivity index (χ3v) is 6.48. The number of hydrogen-bond acceptors (Lipinski definition) is 3. The molecule has 0 aliphatic carbocycles.